The Hall–Kier alpha value is -5.22. The van der Waals surface area contributed by atoms with Crippen LogP contribution in [-0.2, 0) is 29.1 Å². The maximum Gasteiger partial charge on any atom is 0.408 e. The number of sulfonamides is 1. The Kier molecular flexibility index (Phi) is 10.9. The van der Waals surface area contributed by atoms with Crippen molar-refractivity contribution in [2.75, 3.05) is 6.54 Å². The number of nitrogens with zero attached hydrogens (tertiary/aromatic N) is 3. The summed E-state index contributed by atoms with van der Waals surface area (Å²) in [5.74, 6) is -1.96. The predicted octanol–water partition coefficient (Wildman–Crippen LogP) is 6.09. The molecule has 3 N–H and O–H groups in total. The Morgan fingerprint density at radius 3 is 2.52 bits per heavy atom. The molecule has 0 unspecified atom stereocenters. The molecule has 316 valence electrons. The van der Waals surface area contributed by atoms with Crippen LogP contribution in [0.2, 0.25) is 5.02 Å². The Morgan fingerprint density at radius 2 is 1.73 bits per heavy atom. The number of hydrogen-bond donors (Lipinski definition) is 3. The first-order chi connectivity index (χ1) is 29.0. The summed E-state index contributed by atoms with van der Waals surface area (Å²) in [7, 11) is -3.92. The van der Waals surface area contributed by atoms with Gasteiger partial charge >= 0.3 is 6.09 Å². The van der Waals surface area contributed by atoms with Crippen LogP contribution in [0.4, 0.5) is 4.79 Å². The van der Waals surface area contributed by atoms with E-state index in [4.69, 9.17) is 35.5 Å². The van der Waals surface area contributed by atoms with E-state index >= 15 is 0 Å². The van der Waals surface area contributed by atoms with Gasteiger partial charge in [0.2, 0.25) is 27.4 Å². The molecule has 1 saturated heterocycles. The number of alkyl carbamates (subject to hydrolysis) is 1. The molecule has 3 saturated carbocycles. The van der Waals surface area contributed by atoms with Gasteiger partial charge in [0.1, 0.15) is 40.9 Å². The quantitative estimate of drug-likeness (QED) is 0.174. The average molecular weight is 859 g/mol. The molecule has 4 amide bonds. The topological polar surface area (TPSA) is 199 Å². The van der Waals surface area contributed by atoms with E-state index in [9.17, 15) is 27.6 Å². The van der Waals surface area contributed by atoms with Crippen LogP contribution in [0.25, 0.3) is 33.5 Å². The molecular formula is C43H47ClN6O9S. The first-order valence-corrected chi connectivity index (χ1v) is 22.8. The molecule has 17 heteroatoms. The normalized spacial score (nSPS) is 26.4. The minimum Gasteiger partial charge on any atom is -0.470 e. The van der Waals surface area contributed by atoms with Gasteiger partial charge in [0, 0.05) is 28.3 Å². The zero-order valence-electron chi connectivity index (χ0n) is 32.9. The number of rotatable bonds is 8. The highest BCUT2D eigenvalue weighted by atomic mass is 35.5. The van der Waals surface area contributed by atoms with E-state index in [1.807, 2.05) is 42.5 Å². The smallest absolute Gasteiger partial charge is 0.408 e. The van der Waals surface area contributed by atoms with Crippen molar-refractivity contribution in [1.29, 1.82) is 0 Å². The molecular weight excluding hydrogens is 812 g/mol. The zero-order chi connectivity index (χ0) is 41.6. The molecule has 4 heterocycles. The van der Waals surface area contributed by atoms with E-state index in [2.05, 4.69) is 15.4 Å². The Labute approximate surface area is 352 Å². The minimum atomic E-state index is -3.92. The maximum atomic E-state index is 14.7. The van der Waals surface area contributed by atoms with Gasteiger partial charge in [-0.3, -0.25) is 19.1 Å². The maximum absolute atomic E-state index is 14.7. The summed E-state index contributed by atoms with van der Waals surface area (Å²) in [5.41, 5.74) is 0.399. The van der Waals surface area contributed by atoms with Crippen LogP contribution >= 0.6 is 11.6 Å². The van der Waals surface area contributed by atoms with Crippen LogP contribution in [0.15, 0.2) is 65.1 Å². The molecule has 0 radical (unpaired) electrons. The second kappa shape index (κ2) is 16.3. The fraction of sp³-hybridized carbons (Fsp3) is 0.488. The molecule has 4 aromatic rings. The number of nitrogens with one attached hydrogen (secondary N) is 3. The third-order valence-corrected chi connectivity index (χ3v) is 14.3. The SMILES string of the molecule is O=C(N[C@H]1CCCCCC=C[C@@H]2C[C@@]2(C(=O)NS(=O)(=O)C2CC2)NC(=O)[C@@H]2C[C@@H](Oc3nc(-c4ccccc4)nc4c3oc3ccc(Cl)cc34)CN2C1=O)OC1CCCC1. The van der Waals surface area contributed by atoms with Crippen molar-refractivity contribution in [3.05, 3.63) is 65.7 Å². The van der Waals surface area contributed by atoms with E-state index in [-0.39, 0.29) is 37.0 Å². The largest absolute Gasteiger partial charge is 0.470 e. The van der Waals surface area contributed by atoms with Crippen molar-refractivity contribution in [3.8, 4) is 17.3 Å². The summed E-state index contributed by atoms with van der Waals surface area (Å²) in [6, 6.07) is 12.3. The van der Waals surface area contributed by atoms with E-state index in [0.29, 0.717) is 65.0 Å². The predicted molar refractivity (Wildman–Crippen MR) is 221 cm³/mol. The van der Waals surface area contributed by atoms with Crippen molar-refractivity contribution < 1.29 is 41.5 Å². The van der Waals surface area contributed by atoms with Crippen molar-refractivity contribution in [3.63, 3.8) is 0 Å². The molecule has 9 rings (SSSR count). The van der Waals surface area contributed by atoms with E-state index < -0.39 is 68.7 Å². The number of aromatic nitrogens is 2. The lowest BCUT2D eigenvalue weighted by atomic mass is 10.0. The van der Waals surface area contributed by atoms with Gasteiger partial charge in [-0.15, -0.1) is 0 Å². The monoisotopic (exact) mass is 858 g/mol. The number of halogens is 1. The van der Waals surface area contributed by atoms with Gasteiger partial charge < -0.3 is 29.4 Å². The molecule has 0 spiro atoms. The highest BCUT2D eigenvalue weighted by molar-refractivity contribution is 7.91. The van der Waals surface area contributed by atoms with Crippen LogP contribution in [0, 0.1) is 5.92 Å². The lowest BCUT2D eigenvalue weighted by Crippen LogP contribution is -2.58. The third kappa shape index (κ3) is 8.27. The molecule has 2 aliphatic heterocycles. The summed E-state index contributed by atoms with van der Waals surface area (Å²) in [6.07, 6.45) is 9.75. The summed E-state index contributed by atoms with van der Waals surface area (Å²) < 4.78 is 46.7. The van der Waals surface area contributed by atoms with Crippen LogP contribution in [0.3, 0.4) is 0 Å². The molecule has 4 fully saturated rings. The van der Waals surface area contributed by atoms with E-state index in [0.717, 1.165) is 38.5 Å². The first-order valence-electron chi connectivity index (χ1n) is 20.9. The molecule has 15 nitrogen and oxygen atoms in total. The van der Waals surface area contributed by atoms with Gasteiger partial charge in [-0.25, -0.2) is 18.2 Å². The average Bonchev–Trinajstić information content (AvgIpc) is 4.05. The number of allylic oxidation sites excluding steroid dienone is 1. The molecule has 2 aromatic carbocycles. The Balaban J connectivity index is 1.06. The number of carbonyl (C=O) groups is 4. The van der Waals surface area contributed by atoms with E-state index in [1.54, 1.807) is 18.2 Å². The molecule has 60 heavy (non-hydrogen) atoms. The van der Waals surface area contributed by atoms with Gasteiger partial charge in [0.15, 0.2) is 5.82 Å². The van der Waals surface area contributed by atoms with Gasteiger partial charge in [-0.05, 0) is 82.4 Å². The molecule has 5 aliphatic rings. The summed E-state index contributed by atoms with van der Waals surface area (Å²) in [5, 5.41) is 6.20. The number of amides is 4. The summed E-state index contributed by atoms with van der Waals surface area (Å²) >= 11 is 6.40. The summed E-state index contributed by atoms with van der Waals surface area (Å²) in [6.45, 7) is -0.0798. The van der Waals surface area contributed by atoms with Crippen LogP contribution in [-0.4, -0.2) is 88.7 Å². The highest BCUT2D eigenvalue weighted by Gasteiger charge is 2.62. The standard InChI is InChI=1S/C43H47ClN6O9S/c44-27-17-20-34-31(21-27)35-36(59-34)39(47-37(46-35)25-11-5-4-6-12-25)57-29-22-33-38(51)48-43(41(53)49-60(55,56)30-18-19-30)23-26(43)13-7-2-1-3-8-16-32(40(52)50(33)24-29)45-42(54)58-28-14-9-10-15-28/h4-7,11-13,17,20-21,26,28-30,32-33H,1-3,8-10,14-16,18-19,22-24H2,(H,45,54)(H,48,51)(H,49,53)/t26-,29-,32+,33+,43-/m1/s1. The third-order valence-electron chi connectivity index (χ3n) is 12.3. The Bertz CT molecular complexity index is 2470. The molecule has 2 aromatic heterocycles. The van der Waals surface area contributed by atoms with Crippen molar-refractivity contribution in [2.24, 2.45) is 5.92 Å². The van der Waals surface area contributed by atoms with Gasteiger partial charge in [0.25, 0.3) is 11.8 Å². The number of ether oxygens (including phenoxy) is 2. The molecule has 3 aliphatic carbocycles. The number of hydrogen-bond acceptors (Lipinski definition) is 11. The lowest BCUT2D eigenvalue weighted by Gasteiger charge is -2.30. The molecule has 5 atom stereocenters. The van der Waals surface area contributed by atoms with Gasteiger partial charge in [-0.2, -0.15) is 4.98 Å². The second-order valence-corrected chi connectivity index (χ2v) is 19.0. The van der Waals surface area contributed by atoms with Crippen LogP contribution in [0.5, 0.6) is 5.88 Å². The number of fused-ring (bicyclic) bond motifs is 5. The zero-order valence-corrected chi connectivity index (χ0v) is 34.5. The van der Waals surface area contributed by atoms with Crippen LogP contribution < -0.4 is 20.1 Å². The summed E-state index contributed by atoms with van der Waals surface area (Å²) in [4.78, 5) is 67.5. The van der Waals surface area contributed by atoms with Crippen molar-refractivity contribution >= 4 is 67.5 Å². The molecule has 0 bridgehead atoms. The Morgan fingerprint density at radius 1 is 0.950 bits per heavy atom. The van der Waals surface area contributed by atoms with Crippen molar-refractivity contribution in [2.45, 2.75) is 119 Å². The fourth-order valence-electron chi connectivity index (χ4n) is 8.73. The minimum absolute atomic E-state index is 0.0202. The van der Waals surface area contributed by atoms with Gasteiger partial charge in [0.05, 0.1) is 11.8 Å². The number of carbonyl (C=O) groups excluding carboxylic acids is 4. The van der Waals surface area contributed by atoms with Crippen molar-refractivity contribution in [1.82, 2.24) is 30.2 Å². The highest BCUT2D eigenvalue weighted by Crippen LogP contribution is 2.46. The first kappa shape index (κ1) is 40.2. The number of furan rings is 1. The number of benzene rings is 2. The van der Waals surface area contributed by atoms with Crippen LogP contribution in [0.1, 0.15) is 83.5 Å². The second-order valence-electron chi connectivity index (χ2n) is 16.6. The van der Waals surface area contributed by atoms with Gasteiger partial charge in [-0.1, -0.05) is 66.9 Å². The van der Waals surface area contributed by atoms with E-state index in [1.165, 1.54) is 4.90 Å². The lowest BCUT2D eigenvalue weighted by molar-refractivity contribution is -0.141. The fourth-order valence-corrected chi connectivity index (χ4v) is 10.3.